The number of carbonyl (C=O) groups excluding carboxylic acids is 1. The summed E-state index contributed by atoms with van der Waals surface area (Å²) < 4.78 is 15.5. The Labute approximate surface area is 188 Å². The van der Waals surface area contributed by atoms with E-state index in [1.807, 2.05) is 12.1 Å². The lowest BCUT2D eigenvalue weighted by molar-refractivity contribution is -0.269. The monoisotopic (exact) mass is 438 g/mol. The Hall–Kier alpha value is -2.70. The van der Waals surface area contributed by atoms with Gasteiger partial charge in [-0.1, -0.05) is 24.3 Å². The lowest BCUT2D eigenvalue weighted by Crippen LogP contribution is -2.35. The van der Waals surface area contributed by atoms with Crippen molar-refractivity contribution in [3.8, 4) is 0 Å². The van der Waals surface area contributed by atoms with Gasteiger partial charge in [0.1, 0.15) is 5.82 Å². The molecule has 0 bridgehead atoms. The number of piperidine rings is 1. The standard InChI is InChI=1S/C26H31FN2O3/c1-2-31-32-26(30)10-6-21-3-7-22-12-18-29(25(22)19-21)24-13-16-28(17-14-24)15-11-20-4-8-23(27)9-5-20/h3-5,7-9,12,18-19,24H,2,6,10-11,13-17H2,1H3. The smallest absolute Gasteiger partial charge is 0.342 e. The number of aromatic nitrogens is 1. The summed E-state index contributed by atoms with van der Waals surface area (Å²) >= 11 is 0. The second-order valence-electron chi connectivity index (χ2n) is 8.43. The first-order valence-electron chi connectivity index (χ1n) is 11.5. The fraction of sp³-hybridized carbons (Fsp3) is 0.423. The molecular weight excluding hydrogens is 407 g/mol. The van der Waals surface area contributed by atoms with Gasteiger partial charge in [-0.15, -0.1) is 0 Å². The van der Waals surface area contributed by atoms with E-state index < -0.39 is 0 Å². The molecule has 0 saturated carbocycles. The predicted octanol–water partition coefficient (Wildman–Crippen LogP) is 5.09. The summed E-state index contributed by atoms with van der Waals surface area (Å²) in [5.41, 5.74) is 3.54. The minimum Gasteiger partial charge on any atom is -0.344 e. The summed E-state index contributed by atoms with van der Waals surface area (Å²) in [6.45, 7) is 5.28. The number of aryl methyl sites for hydroxylation is 1. The Kier molecular flexibility index (Phi) is 7.55. The van der Waals surface area contributed by atoms with E-state index in [0.29, 0.717) is 25.5 Å². The van der Waals surface area contributed by atoms with Gasteiger partial charge >= 0.3 is 5.97 Å². The highest BCUT2D eigenvalue weighted by Crippen LogP contribution is 2.29. The maximum atomic E-state index is 13.1. The number of hydrogen-bond acceptors (Lipinski definition) is 4. The number of rotatable bonds is 9. The maximum Gasteiger partial charge on any atom is 0.342 e. The minimum atomic E-state index is -0.338. The van der Waals surface area contributed by atoms with Gasteiger partial charge in [-0.2, -0.15) is 4.89 Å². The molecule has 0 spiro atoms. The summed E-state index contributed by atoms with van der Waals surface area (Å²) in [7, 11) is 0. The molecule has 0 aliphatic carbocycles. The fourth-order valence-electron chi connectivity index (χ4n) is 4.44. The summed E-state index contributed by atoms with van der Waals surface area (Å²) in [6, 6.07) is 15.9. The largest absolute Gasteiger partial charge is 0.344 e. The van der Waals surface area contributed by atoms with Crippen LogP contribution in [0.1, 0.15) is 43.4 Å². The Morgan fingerprint density at radius 2 is 1.78 bits per heavy atom. The van der Waals surface area contributed by atoms with Gasteiger partial charge in [-0.05, 0) is 73.4 Å². The molecule has 1 aliphatic heterocycles. The minimum absolute atomic E-state index is 0.179. The Bertz CT molecular complexity index is 1020. The third-order valence-corrected chi connectivity index (χ3v) is 6.26. The van der Waals surface area contributed by atoms with Crippen molar-refractivity contribution in [3.63, 3.8) is 0 Å². The number of fused-ring (bicyclic) bond motifs is 1. The van der Waals surface area contributed by atoms with Crippen LogP contribution in [0.4, 0.5) is 4.39 Å². The highest BCUT2D eigenvalue weighted by atomic mass is 19.1. The van der Waals surface area contributed by atoms with Crippen LogP contribution in [-0.2, 0) is 27.4 Å². The van der Waals surface area contributed by atoms with Crippen LogP contribution in [-0.4, -0.2) is 41.7 Å². The molecule has 0 amide bonds. The Morgan fingerprint density at radius 1 is 1.03 bits per heavy atom. The first-order valence-corrected chi connectivity index (χ1v) is 11.5. The number of likely N-dealkylation sites (tertiary alicyclic amines) is 1. The lowest BCUT2D eigenvalue weighted by atomic mass is 10.0. The fourth-order valence-corrected chi connectivity index (χ4v) is 4.44. The van der Waals surface area contributed by atoms with Gasteiger partial charge < -0.3 is 9.47 Å². The van der Waals surface area contributed by atoms with Gasteiger partial charge in [-0.25, -0.2) is 9.18 Å². The van der Waals surface area contributed by atoms with Crippen LogP contribution in [0.25, 0.3) is 10.9 Å². The molecule has 1 aromatic heterocycles. The summed E-state index contributed by atoms with van der Waals surface area (Å²) in [6.07, 6.45) is 6.30. The zero-order chi connectivity index (χ0) is 22.3. The van der Waals surface area contributed by atoms with Crippen LogP contribution in [0, 0.1) is 5.82 Å². The van der Waals surface area contributed by atoms with Crippen molar-refractivity contribution in [1.29, 1.82) is 0 Å². The van der Waals surface area contributed by atoms with Gasteiger partial charge in [0.15, 0.2) is 0 Å². The van der Waals surface area contributed by atoms with Gasteiger partial charge in [0, 0.05) is 37.4 Å². The van der Waals surface area contributed by atoms with Crippen LogP contribution in [0.2, 0.25) is 0 Å². The third kappa shape index (κ3) is 5.75. The molecule has 5 nitrogen and oxygen atoms in total. The average molecular weight is 439 g/mol. The van der Waals surface area contributed by atoms with E-state index in [-0.39, 0.29) is 11.8 Å². The number of nitrogens with zero attached hydrogens (tertiary/aromatic N) is 2. The summed E-state index contributed by atoms with van der Waals surface area (Å²) in [5, 5.41) is 1.23. The molecule has 170 valence electrons. The molecule has 6 heteroatoms. The van der Waals surface area contributed by atoms with Crippen LogP contribution in [0.3, 0.4) is 0 Å². The summed E-state index contributed by atoms with van der Waals surface area (Å²) in [5.74, 6) is -0.516. The zero-order valence-electron chi connectivity index (χ0n) is 18.6. The lowest BCUT2D eigenvalue weighted by Gasteiger charge is -2.33. The van der Waals surface area contributed by atoms with E-state index in [1.165, 1.54) is 28.6 Å². The van der Waals surface area contributed by atoms with E-state index in [2.05, 4.69) is 39.9 Å². The quantitative estimate of drug-likeness (QED) is 0.345. The molecule has 0 radical (unpaired) electrons. The molecule has 2 aromatic carbocycles. The highest BCUT2D eigenvalue weighted by Gasteiger charge is 2.21. The van der Waals surface area contributed by atoms with Gasteiger partial charge in [0.05, 0.1) is 13.0 Å². The van der Waals surface area contributed by atoms with E-state index >= 15 is 0 Å². The van der Waals surface area contributed by atoms with E-state index in [9.17, 15) is 9.18 Å². The van der Waals surface area contributed by atoms with Gasteiger partial charge in [-0.3, -0.25) is 4.89 Å². The second kappa shape index (κ2) is 10.7. The van der Waals surface area contributed by atoms with Crippen molar-refractivity contribution in [2.75, 3.05) is 26.2 Å². The van der Waals surface area contributed by atoms with E-state index in [1.54, 1.807) is 6.92 Å². The van der Waals surface area contributed by atoms with Crippen molar-refractivity contribution in [1.82, 2.24) is 9.47 Å². The van der Waals surface area contributed by atoms with Crippen LogP contribution >= 0.6 is 0 Å². The number of hydrogen-bond donors (Lipinski definition) is 0. The molecule has 0 atom stereocenters. The zero-order valence-corrected chi connectivity index (χ0v) is 18.6. The van der Waals surface area contributed by atoms with Gasteiger partial charge in [0.25, 0.3) is 0 Å². The predicted molar refractivity (Wildman–Crippen MR) is 123 cm³/mol. The molecule has 32 heavy (non-hydrogen) atoms. The summed E-state index contributed by atoms with van der Waals surface area (Å²) in [4.78, 5) is 23.6. The SMILES string of the molecule is CCOOC(=O)CCc1ccc2ccn(C3CCN(CCc4ccc(F)cc4)CC3)c2c1. The molecule has 4 rings (SSSR count). The molecule has 3 aromatic rings. The molecule has 1 aliphatic rings. The van der Waals surface area contributed by atoms with E-state index in [4.69, 9.17) is 9.78 Å². The van der Waals surface area contributed by atoms with Crippen LogP contribution < -0.4 is 0 Å². The van der Waals surface area contributed by atoms with Crippen molar-refractivity contribution in [3.05, 3.63) is 71.7 Å². The third-order valence-electron chi connectivity index (χ3n) is 6.26. The molecule has 0 unspecified atom stereocenters. The van der Waals surface area contributed by atoms with Crippen molar-refractivity contribution in [2.24, 2.45) is 0 Å². The second-order valence-corrected chi connectivity index (χ2v) is 8.43. The van der Waals surface area contributed by atoms with Crippen LogP contribution in [0.15, 0.2) is 54.7 Å². The maximum absolute atomic E-state index is 13.1. The number of benzene rings is 2. The van der Waals surface area contributed by atoms with Gasteiger partial charge in [0.2, 0.25) is 0 Å². The molecule has 1 saturated heterocycles. The average Bonchev–Trinajstić information content (AvgIpc) is 3.24. The highest BCUT2D eigenvalue weighted by molar-refractivity contribution is 5.81. The Morgan fingerprint density at radius 3 is 2.53 bits per heavy atom. The first-order chi connectivity index (χ1) is 15.6. The topological polar surface area (TPSA) is 43.7 Å². The Balaban J connectivity index is 1.32. The number of halogens is 1. The number of carbonyl (C=O) groups is 1. The van der Waals surface area contributed by atoms with Crippen LogP contribution in [0.5, 0.6) is 0 Å². The van der Waals surface area contributed by atoms with Crippen molar-refractivity contribution in [2.45, 2.75) is 45.1 Å². The van der Waals surface area contributed by atoms with Crippen molar-refractivity contribution >= 4 is 16.9 Å². The molecule has 0 N–H and O–H groups in total. The normalized spacial score (nSPS) is 15.3. The molecular formula is C26H31FN2O3. The molecule has 2 heterocycles. The molecule has 1 fully saturated rings. The van der Waals surface area contributed by atoms with E-state index in [0.717, 1.165) is 44.5 Å². The van der Waals surface area contributed by atoms with Crippen molar-refractivity contribution < 1.29 is 19.0 Å². The first kappa shape index (κ1) is 22.5.